The standard InChI is InChI=1S/C30H37N3O6S/c1-7-14-33(30(35)31-24-10-9-23(36-3)18-26(24)38-5)20-29(34)32(19-28-21(2)13-16-40-28)15-12-22-8-11-25(37-4)27(17-22)39-6/h7-11,13,16-18H,1,12,14-15,19-20H2,2-6H3,(H,31,35). The van der Waals surface area contributed by atoms with Crippen LogP contribution in [0.15, 0.2) is 60.5 Å². The van der Waals surface area contributed by atoms with E-state index in [0.29, 0.717) is 48.2 Å². The van der Waals surface area contributed by atoms with Crippen molar-refractivity contribution in [2.45, 2.75) is 19.9 Å². The van der Waals surface area contributed by atoms with Crippen LogP contribution in [-0.4, -0.2) is 69.8 Å². The number of methoxy groups -OCH3 is 4. The number of aryl methyl sites for hydroxylation is 1. The van der Waals surface area contributed by atoms with Crippen LogP contribution in [-0.2, 0) is 17.8 Å². The molecule has 3 rings (SSSR count). The number of thiophene rings is 1. The number of anilines is 1. The lowest BCUT2D eigenvalue weighted by Gasteiger charge is -2.27. The molecule has 0 saturated carbocycles. The third-order valence-corrected chi connectivity index (χ3v) is 7.39. The number of hydrogen-bond donors (Lipinski definition) is 1. The molecule has 0 radical (unpaired) electrons. The number of hydrogen-bond acceptors (Lipinski definition) is 7. The summed E-state index contributed by atoms with van der Waals surface area (Å²) < 4.78 is 21.4. The summed E-state index contributed by atoms with van der Waals surface area (Å²) in [6.07, 6.45) is 2.20. The third kappa shape index (κ3) is 7.92. The van der Waals surface area contributed by atoms with Crippen molar-refractivity contribution in [3.05, 3.63) is 76.5 Å². The first-order valence-electron chi connectivity index (χ1n) is 12.7. The fraction of sp³-hybridized carbons (Fsp3) is 0.333. The number of benzene rings is 2. The first kappa shape index (κ1) is 30.4. The molecule has 1 aromatic heterocycles. The van der Waals surface area contributed by atoms with Gasteiger partial charge >= 0.3 is 6.03 Å². The molecule has 0 bridgehead atoms. The van der Waals surface area contributed by atoms with Gasteiger partial charge in [-0.25, -0.2) is 4.79 Å². The molecule has 9 nitrogen and oxygen atoms in total. The zero-order valence-corrected chi connectivity index (χ0v) is 24.5. The molecule has 2 aromatic carbocycles. The predicted molar refractivity (Wildman–Crippen MR) is 158 cm³/mol. The Morgan fingerprint density at radius 3 is 2.30 bits per heavy atom. The molecule has 0 saturated heterocycles. The minimum absolute atomic E-state index is 0.118. The van der Waals surface area contributed by atoms with Crippen LogP contribution < -0.4 is 24.3 Å². The Morgan fingerprint density at radius 2 is 1.68 bits per heavy atom. The average Bonchev–Trinajstić information content (AvgIpc) is 3.38. The Labute approximate surface area is 239 Å². The molecule has 0 aliphatic carbocycles. The highest BCUT2D eigenvalue weighted by Gasteiger charge is 2.23. The van der Waals surface area contributed by atoms with Crippen LogP contribution in [0.3, 0.4) is 0 Å². The molecular weight excluding hydrogens is 530 g/mol. The fourth-order valence-electron chi connectivity index (χ4n) is 4.07. The summed E-state index contributed by atoms with van der Waals surface area (Å²) >= 11 is 1.61. The van der Waals surface area contributed by atoms with Crippen LogP contribution in [0.1, 0.15) is 16.0 Å². The van der Waals surface area contributed by atoms with Crippen LogP contribution in [0, 0.1) is 6.92 Å². The molecule has 0 fully saturated rings. The summed E-state index contributed by atoms with van der Waals surface area (Å²) in [6, 6.07) is 12.4. The number of urea groups is 1. The summed E-state index contributed by atoms with van der Waals surface area (Å²) in [5.74, 6) is 2.15. The Balaban J connectivity index is 1.77. The van der Waals surface area contributed by atoms with E-state index in [0.717, 1.165) is 16.0 Å². The molecule has 0 aliphatic rings. The van der Waals surface area contributed by atoms with Gasteiger partial charge in [0, 0.05) is 24.0 Å². The summed E-state index contributed by atoms with van der Waals surface area (Å²) in [5, 5.41) is 4.86. The second-order valence-corrected chi connectivity index (χ2v) is 9.95. The Kier molecular flexibility index (Phi) is 11.3. The summed E-state index contributed by atoms with van der Waals surface area (Å²) in [7, 11) is 6.26. The van der Waals surface area contributed by atoms with Crippen LogP contribution in [0.2, 0.25) is 0 Å². The first-order chi connectivity index (χ1) is 19.3. The van der Waals surface area contributed by atoms with Crippen molar-refractivity contribution in [2.24, 2.45) is 0 Å². The normalized spacial score (nSPS) is 10.4. The van der Waals surface area contributed by atoms with Crippen molar-refractivity contribution in [3.8, 4) is 23.0 Å². The van der Waals surface area contributed by atoms with Crippen molar-refractivity contribution in [2.75, 3.05) is 53.4 Å². The molecule has 214 valence electrons. The second-order valence-electron chi connectivity index (χ2n) is 8.95. The number of ether oxygens (including phenoxy) is 4. The highest BCUT2D eigenvalue weighted by molar-refractivity contribution is 7.10. The molecule has 40 heavy (non-hydrogen) atoms. The Hall–Kier alpha value is -4.18. The number of nitrogens with one attached hydrogen (secondary N) is 1. The van der Waals surface area contributed by atoms with E-state index in [9.17, 15) is 9.59 Å². The lowest BCUT2D eigenvalue weighted by Crippen LogP contribution is -2.45. The fourth-order valence-corrected chi connectivity index (χ4v) is 4.99. The van der Waals surface area contributed by atoms with Crippen LogP contribution in [0.25, 0.3) is 0 Å². The number of nitrogens with zero attached hydrogens (tertiary/aromatic N) is 2. The zero-order chi connectivity index (χ0) is 29.1. The van der Waals surface area contributed by atoms with Crippen LogP contribution in [0.4, 0.5) is 10.5 Å². The smallest absolute Gasteiger partial charge is 0.322 e. The third-order valence-electron chi connectivity index (χ3n) is 6.39. The number of amides is 3. The van der Waals surface area contributed by atoms with E-state index in [1.165, 1.54) is 12.0 Å². The van der Waals surface area contributed by atoms with E-state index in [4.69, 9.17) is 18.9 Å². The SMILES string of the molecule is C=CCN(CC(=O)N(CCc1ccc(OC)c(OC)c1)Cc1sccc1C)C(=O)Nc1ccc(OC)cc1OC. The summed E-state index contributed by atoms with van der Waals surface area (Å²) in [5.41, 5.74) is 2.60. The molecular formula is C30H37N3O6S. The lowest BCUT2D eigenvalue weighted by molar-refractivity contribution is -0.132. The molecule has 1 N–H and O–H groups in total. The van der Waals surface area contributed by atoms with Crippen molar-refractivity contribution in [3.63, 3.8) is 0 Å². The van der Waals surface area contributed by atoms with Gasteiger partial charge in [0.1, 0.15) is 18.0 Å². The van der Waals surface area contributed by atoms with E-state index in [1.807, 2.05) is 36.6 Å². The largest absolute Gasteiger partial charge is 0.497 e. The molecule has 3 aromatic rings. The summed E-state index contributed by atoms with van der Waals surface area (Å²) in [4.78, 5) is 31.2. The van der Waals surface area contributed by atoms with Crippen molar-refractivity contribution in [1.82, 2.24) is 9.80 Å². The number of carbonyl (C=O) groups is 2. The molecule has 0 aliphatic heterocycles. The minimum Gasteiger partial charge on any atom is -0.497 e. The van der Waals surface area contributed by atoms with E-state index < -0.39 is 6.03 Å². The van der Waals surface area contributed by atoms with Gasteiger partial charge in [0.05, 0.1) is 40.7 Å². The van der Waals surface area contributed by atoms with Crippen LogP contribution in [0.5, 0.6) is 23.0 Å². The first-order valence-corrected chi connectivity index (χ1v) is 13.6. The van der Waals surface area contributed by atoms with Crippen molar-refractivity contribution >= 4 is 29.0 Å². The maximum atomic E-state index is 13.7. The van der Waals surface area contributed by atoms with Gasteiger partial charge in [-0.2, -0.15) is 0 Å². The molecule has 10 heteroatoms. The minimum atomic E-state index is -0.441. The molecule has 0 atom stereocenters. The highest BCUT2D eigenvalue weighted by atomic mass is 32.1. The van der Waals surface area contributed by atoms with Crippen LogP contribution >= 0.6 is 11.3 Å². The number of rotatable bonds is 14. The van der Waals surface area contributed by atoms with Crippen molar-refractivity contribution < 1.29 is 28.5 Å². The Bertz CT molecular complexity index is 1310. The lowest BCUT2D eigenvalue weighted by atomic mass is 10.1. The van der Waals surface area contributed by atoms with Gasteiger partial charge in [0.25, 0.3) is 0 Å². The highest BCUT2D eigenvalue weighted by Crippen LogP contribution is 2.30. The van der Waals surface area contributed by atoms with Gasteiger partial charge in [-0.05, 0) is 60.2 Å². The Morgan fingerprint density at radius 1 is 0.925 bits per heavy atom. The average molecular weight is 568 g/mol. The maximum absolute atomic E-state index is 13.7. The molecule has 1 heterocycles. The van der Waals surface area contributed by atoms with Gasteiger partial charge in [0.2, 0.25) is 5.91 Å². The van der Waals surface area contributed by atoms with Gasteiger partial charge < -0.3 is 34.1 Å². The van der Waals surface area contributed by atoms with Gasteiger partial charge in [-0.15, -0.1) is 17.9 Å². The quantitative estimate of drug-likeness (QED) is 0.263. The molecule has 0 spiro atoms. The van der Waals surface area contributed by atoms with Gasteiger partial charge in [-0.3, -0.25) is 4.79 Å². The second kappa shape index (κ2) is 14.8. The van der Waals surface area contributed by atoms with Gasteiger partial charge in [-0.1, -0.05) is 12.1 Å². The summed E-state index contributed by atoms with van der Waals surface area (Å²) in [6.45, 7) is 6.78. The predicted octanol–water partition coefficient (Wildman–Crippen LogP) is 5.38. The zero-order valence-electron chi connectivity index (χ0n) is 23.7. The van der Waals surface area contributed by atoms with Crippen molar-refractivity contribution in [1.29, 1.82) is 0 Å². The van der Waals surface area contributed by atoms with E-state index >= 15 is 0 Å². The van der Waals surface area contributed by atoms with E-state index in [2.05, 4.69) is 11.9 Å². The topological polar surface area (TPSA) is 89.6 Å². The van der Waals surface area contributed by atoms with Gasteiger partial charge in [0.15, 0.2) is 11.5 Å². The maximum Gasteiger partial charge on any atom is 0.322 e. The number of carbonyl (C=O) groups excluding carboxylic acids is 2. The van der Waals surface area contributed by atoms with E-state index in [-0.39, 0.29) is 19.0 Å². The monoisotopic (exact) mass is 567 g/mol. The molecule has 0 unspecified atom stereocenters. The van der Waals surface area contributed by atoms with E-state index in [1.54, 1.807) is 61.8 Å². The molecule has 3 amide bonds.